The molecule has 0 unspecified atom stereocenters. The average Bonchev–Trinajstić information content (AvgIpc) is 3.31. The number of nitrogens with one attached hydrogen (secondary N) is 2. The summed E-state index contributed by atoms with van der Waals surface area (Å²) in [6.45, 7) is 3.25. The normalized spacial score (nSPS) is 11.5. The van der Waals surface area contributed by atoms with E-state index >= 15 is 0 Å². The Hall–Kier alpha value is -3.43. The fraction of sp³-hybridized carbons (Fsp3) is 0.0870. The molecule has 1 aromatic heterocycles. The zero-order chi connectivity index (χ0) is 23.3. The van der Waals surface area contributed by atoms with Crippen LogP contribution in [0.2, 0.25) is 0 Å². The number of amides is 2. The van der Waals surface area contributed by atoms with E-state index in [2.05, 4.69) is 31.8 Å². The predicted molar refractivity (Wildman–Crippen MR) is 129 cm³/mol. The lowest BCUT2D eigenvalue weighted by molar-refractivity contribution is -0.117. The van der Waals surface area contributed by atoms with Gasteiger partial charge in [-0.25, -0.2) is 5.43 Å². The van der Waals surface area contributed by atoms with Crippen LogP contribution in [-0.4, -0.2) is 28.2 Å². The number of halogens is 1. The Labute approximate surface area is 197 Å². The van der Waals surface area contributed by atoms with E-state index in [1.807, 2.05) is 17.5 Å². The largest absolute Gasteiger partial charge is 0.507 e. The number of phenols is 2. The highest BCUT2D eigenvalue weighted by atomic mass is 79.9. The van der Waals surface area contributed by atoms with Gasteiger partial charge in [0.15, 0.2) is 0 Å². The highest BCUT2D eigenvalue weighted by Gasteiger charge is 2.17. The fourth-order valence-electron chi connectivity index (χ4n) is 2.78. The Morgan fingerprint density at radius 2 is 1.75 bits per heavy atom. The summed E-state index contributed by atoms with van der Waals surface area (Å²) in [5.74, 6) is -1.27. The molecule has 9 heteroatoms. The summed E-state index contributed by atoms with van der Waals surface area (Å²) >= 11 is 4.69. The van der Waals surface area contributed by atoms with Crippen LogP contribution < -0.4 is 10.7 Å². The molecule has 0 saturated carbocycles. The number of hydrazone groups is 1. The van der Waals surface area contributed by atoms with Crippen molar-refractivity contribution in [2.75, 3.05) is 0 Å². The zero-order valence-corrected chi connectivity index (χ0v) is 19.6. The van der Waals surface area contributed by atoms with Crippen LogP contribution in [0.4, 0.5) is 0 Å². The molecule has 0 aliphatic heterocycles. The third kappa shape index (κ3) is 5.24. The summed E-state index contributed by atoms with van der Waals surface area (Å²) in [4.78, 5) is 26.1. The van der Waals surface area contributed by atoms with Gasteiger partial charge in [0.1, 0.15) is 17.2 Å². The first kappa shape index (κ1) is 23.2. The predicted octanol–water partition coefficient (Wildman–Crippen LogP) is 4.46. The number of benzene rings is 2. The lowest BCUT2D eigenvalue weighted by Crippen LogP contribution is -2.32. The Bertz CT molecular complexity index is 1180. The van der Waals surface area contributed by atoms with Gasteiger partial charge in [-0.1, -0.05) is 24.3 Å². The van der Waals surface area contributed by atoms with Crippen molar-refractivity contribution in [2.24, 2.45) is 5.10 Å². The number of thiophene rings is 1. The van der Waals surface area contributed by atoms with E-state index in [1.165, 1.54) is 17.6 Å². The number of phenolic OH excluding ortho intramolecular Hbond substituents is 2. The van der Waals surface area contributed by atoms with Crippen LogP contribution in [0.15, 0.2) is 63.1 Å². The van der Waals surface area contributed by atoms with Gasteiger partial charge in [-0.05, 0) is 65.0 Å². The van der Waals surface area contributed by atoms with Gasteiger partial charge < -0.3 is 15.5 Å². The van der Waals surface area contributed by atoms with Gasteiger partial charge >= 0.3 is 0 Å². The maximum atomic E-state index is 12.8. The Morgan fingerprint density at radius 1 is 1.03 bits per heavy atom. The summed E-state index contributed by atoms with van der Waals surface area (Å²) in [7, 11) is 0. The van der Waals surface area contributed by atoms with E-state index in [0.717, 1.165) is 4.88 Å². The van der Waals surface area contributed by atoms with Crippen molar-refractivity contribution in [2.45, 2.75) is 13.8 Å². The lowest BCUT2D eigenvalue weighted by atomic mass is 10.0. The molecule has 7 nitrogen and oxygen atoms in total. The molecule has 2 aromatic carbocycles. The zero-order valence-electron chi connectivity index (χ0n) is 17.2. The number of rotatable bonds is 6. The van der Waals surface area contributed by atoms with E-state index in [-0.39, 0.29) is 22.8 Å². The summed E-state index contributed by atoms with van der Waals surface area (Å²) < 4.78 is 0.425. The SMILES string of the molecule is Cc1c(O)c(Br)c(C)c(/C=N\NC(=O)/C(=C\c2cccs2)NC(=O)c2ccccc2)c1O. The second kappa shape index (κ2) is 10.3. The smallest absolute Gasteiger partial charge is 0.287 e. The van der Waals surface area contributed by atoms with Crippen molar-refractivity contribution in [3.63, 3.8) is 0 Å². The molecule has 3 rings (SSSR count). The van der Waals surface area contributed by atoms with Crippen molar-refractivity contribution < 1.29 is 19.8 Å². The van der Waals surface area contributed by atoms with Gasteiger partial charge in [-0.2, -0.15) is 5.10 Å². The van der Waals surface area contributed by atoms with Gasteiger partial charge in [-0.3, -0.25) is 9.59 Å². The Morgan fingerprint density at radius 3 is 2.41 bits per heavy atom. The van der Waals surface area contributed by atoms with Crippen LogP contribution in [0.5, 0.6) is 11.5 Å². The molecule has 0 spiro atoms. The summed E-state index contributed by atoms with van der Waals surface area (Å²) in [6.07, 6.45) is 2.84. The quantitative estimate of drug-likeness (QED) is 0.221. The molecular weight excluding hydrogens is 494 g/mol. The van der Waals surface area contributed by atoms with Crippen molar-refractivity contribution >= 4 is 51.4 Å². The van der Waals surface area contributed by atoms with E-state index in [0.29, 0.717) is 21.2 Å². The molecule has 2 amide bonds. The molecule has 164 valence electrons. The first-order chi connectivity index (χ1) is 15.3. The molecule has 1 heterocycles. The van der Waals surface area contributed by atoms with Crippen LogP contribution >= 0.6 is 27.3 Å². The molecule has 0 bridgehead atoms. The molecule has 0 radical (unpaired) electrons. The van der Waals surface area contributed by atoms with E-state index in [4.69, 9.17) is 0 Å². The maximum absolute atomic E-state index is 12.8. The first-order valence-electron chi connectivity index (χ1n) is 9.45. The summed E-state index contributed by atoms with van der Waals surface area (Å²) in [6, 6.07) is 12.2. The average molecular weight is 514 g/mol. The second-order valence-corrected chi connectivity index (χ2v) is 8.54. The maximum Gasteiger partial charge on any atom is 0.287 e. The van der Waals surface area contributed by atoms with Gasteiger partial charge in [-0.15, -0.1) is 11.3 Å². The third-order valence-electron chi connectivity index (χ3n) is 4.63. The van der Waals surface area contributed by atoms with Gasteiger partial charge in [0.25, 0.3) is 11.8 Å². The lowest BCUT2D eigenvalue weighted by Gasteiger charge is -2.12. The van der Waals surface area contributed by atoms with E-state index in [9.17, 15) is 19.8 Å². The molecule has 0 aliphatic rings. The van der Waals surface area contributed by atoms with Gasteiger partial charge in [0.05, 0.1) is 10.7 Å². The highest BCUT2D eigenvalue weighted by molar-refractivity contribution is 9.10. The molecule has 0 atom stereocenters. The van der Waals surface area contributed by atoms with Crippen LogP contribution in [0.25, 0.3) is 6.08 Å². The number of carbonyl (C=O) groups is 2. The minimum absolute atomic E-state index is 0.0162. The van der Waals surface area contributed by atoms with Crippen LogP contribution in [0, 0.1) is 13.8 Å². The summed E-state index contributed by atoms with van der Waals surface area (Å²) in [5.41, 5.74) is 3.97. The minimum atomic E-state index is -0.634. The van der Waals surface area contributed by atoms with Crippen molar-refractivity contribution in [3.05, 3.63) is 85.1 Å². The molecule has 0 saturated heterocycles. The van der Waals surface area contributed by atoms with Crippen LogP contribution in [-0.2, 0) is 4.79 Å². The monoisotopic (exact) mass is 513 g/mol. The molecule has 4 N–H and O–H groups in total. The van der Waals surface area contributed by atoms with Crippen molar-refractivity contribution in [3.8, 4) is 11.5 Å². The highest BCUT2D eigenvalue weighted by Crippen LogP contribution is 2.39. The van der Waals surface area contributed by atoms with Crippen LogP contribution in [0.3, 0.4) is 0 Å². The molecular formula is C23H20BrN3O4S. The molecule has 3 aromatic rings. The standard InChI is InChI=1S/C23H20BrN3O4S/c1-13-17(20(28)14(2)21(29)19(13)24)12-25-27-23(31)18(11-16-9-6-10-32-16)26-22(30)15-7-4-3-5-8-15/h3-12,28-29H,1-2H3,(H,26,30)(H,27,31)/b18-11+,25-12-. The number of carbonyl (C=O) groups excluding carboxylic acids is 2. The fourth-order valence-corrected chi connectivity index (χ4v) is 3.95. The van der Waals surface area contributed by atoms with E-state index < -0.39 is 11.8 Å². The minimum Gasteiger partial charge on any atom is -0.507 e. The Kier molecular flexibility index (Phi) is 7.45. The van der Waals surface area contributed by atoms with Gasteiger partial charge in [0.2, 0.25) is 0 Å². The molecule has 0 fully saturated rings. The first-order valence-corrected chi connectivity index (χ1v) is 11.1. The summed E-state index contributed by atoms with van der Waals surface area (Å²) in [5, 5.41) is 28.7. The van der Waals surface area contributed by atoms with Crippen molar-refractivity contribution in [1.82, 2.24) is 10.7 Å². The number of hydrogen-bond acceptors (Lipinski definition) is 6. The van der Waals surface area contributed by atoms with E-state index in [1.54, 1.807) is 50.3 Å². The molecule has 0 aliphatic carbocycles. The molecule has 32 heavy (non-hydrogen) atoms. The number of nitrogens with zero attached hydrogens (tertiary/aromatic N) is 1. The number of hydrogen-bond donors (Lipinski definition) is 4. The Balaban J connectivity index is 1.83. The second-order valence-electron chi connectivity index (χ2n) is 6.77. The van der Waals surface area contributed by atoms with Crippen molar-refractivity contribution in [1.29, 1.82) is 0 Å². The van der Waals surface area contributed by atoms with Crippen LogP contribution in [0.1, 0.15) is 31.9 Å². The topological polar surface area (TPSA) is 111 Å². The van der Waals surface area contributed by atoms with Gasteiger partial charge in [0, 0.05) is 21.6 Å². The number of aromatic hydroxyl groups is 2. The third-order valence-corrected chi connectivity index (χ3v) is 6.41.